The standard InChI is InChI=1S/C13H24N2O2/c1-3-17-8-11-7-15(12(16)10(2)14)9-13(11)5-4-6-13/h10-11H,3-9,14H2,1-2H3. The van der Waals surface area contributed by atoms with Crippen LogP contribution in [0.2, 0.25) is 0 Å². The lowest BCUT2D eigenvalue weighted by Crippen LogP contribution is -2.43. The van der Waals surface area contributed by atoms with Crippen LogP contribution in [0.15, 0.2) is 0 Å². The molecule has 0 bridgehead atoms. The molecule has 2 rings (SSSR count). The predicted molar refractivity (Wildman–Crippen MR) is 66.5 cm³/mol. The fourth-order valence-corrected chi connectivity index (χ4v) is 3.18. The molecule has 1 amide bonds. The van der Waals surface area contributed by atoms with Crippen LogP contribution in [0.4, 0.5) is 0 Å². The van der Waals surface area contributed by atoms with Crippen molar-refractivity contribution in [2.45, 2.75) is 39.2 Å². The van der Waals surface area contributed by atoms with Gasteiger partial charge in [0.1, 0.15) is 0 Å². The van der Waals surface area contributed by atoms with Gasteiger partial charge in [0.25, 0.3) is 0 Å². The third kappa shape index (κ3) is 2.33. The Labute approximate surface area is 103 Å². The Morgan fingerprint density at radius 1 is 1.59 bits per heavy atom. The Morgan fingerprint density at radius 3 is 2.76 bits per heavy atom. The number of hydrogen-bond acceptors (Lipinski definition) is 3. The zero-order chi connectivity index (χ0) is 12.5. The van der Waals surface area contributed by atoms with E-state index in [9.17, 15) is 4.79 Å². The van der Waals surface area contributed by atoms with E-state index < -0.39 is 0 Å². The monoisotopic (exact) mass is 240 g/mol. The molecule has 1 saturated carbocycles. The number of likely N-dealkylation sites (tertiary alicyclic amines) is 1. The van der Waals surface area contributed by atoms with E-state index in [0.29, 0.717) is 11.3 Å². The Bertz CT molecular complexity index is 287. The summed E-state index contributed by atoms with van der Waals surface area (Å²) < 4.78 is 5.57. The predicted octanol–water partition coefficient (Wildman–Crippen LogP) is 0.999. The highest BCUT2D eigenvalue weighted by molar-refractivity contribution is 5.81. The first-order chi connectivity index (χ1) is 8.09. The van der Waals surface area contributed by atoms with Crippen molar-refractivity contribution in [1.82, 2.24) is 4.90 Å². The summed E-state index contributed by atoms with van der Waals surface area (Å²) in [5.74, 6) is 0.606. The van der Waals surface area contributed by atoms with Gasteiger partial charge in [-0.15, -0.1) is 0 Å². The van der Waals surface area contributed by atoms with E-state index >= 15 is 0 Å². The van der Waals surface area contributed by atoms with E-state index in [-0.39, 0.29) is 11.9 Å². The molecule has 1 aliphatic carbocycles. The lowest BCUT2D eigenvalue weighted by atomic mass is 9.63. The molecule has 0 aromatic heterocycles. The Hall–Kier alpha value is -0.610. The van der Waals surface area contributed by atoms with Crippen LogP contribution in [0.3, 0.4) is 0 Å². The number of amides is 1. The summed E-state index contributed by atoms with van der Waals surface area (Å²) in [5.41, 5.74) is 6.03. The smallest absolute Gasteiger partial charge is 0.239 e. The van der Waals surface area contributed by atoms with Crippen molar-refractivity contribution in [1.29, 1.82) is 0 Å². The molecule has 0 aromatic carbocycles. The molecule has 1 heterocycles. The molecule has 2 unspecified atom stereocenters. The molecule has 1 saturated heterocycles. The van der Waals surface area contributed by atoms with Crippen molar-refractivity contribution in [2.75, 3.05) is 26.3 Å². The molecule has 2 atom stereocenters. The van der Waals surface area contributed by atoms with Crippen molar-refractivity contribution in [2.24, 2.45) is 17.1 Å². The van der Waals surface area contributed by atoms with Gasteiger partial charge in [0.15, 0.2) is 0 Å². The largest absolute Gasteiger partial charge is 0.381 e. The van der Waals surface area contributed by atoms with E-state index in [1.165, 1.54) is 19.3 Å². The number of nitrogens with zero attached hydrogens (tertiary/aromatic N) is 1. The van der Waals surface area contributed by atoms with Gasteiger partial charge in [0, 0.05) is 25.6 Å². The molecule has 1 aliphatic heterocycles. The molecule has 4 heteroatoms. The maximum Gasteiger partial charge on any atom is 0.239 e. The van der Waals surface area contributed by atoms with Crippen LogP contribution in [0.25, 0.3) is 0 Å². The van der Waals surface area contributed by atoms with Crippen LogP contribution in [-0.2, 0) is 9.53 Å². The van der Waals surface area contributed by atoms with Gasteiger partial charge < -0.3 is 15.4 Å². The molecule has 2 N–H and O–H groups in total. The minimum atomic E-state index is -0.377. The van der Waals surface area contributed by atoms with Crippen molar-refractivity contribution < 1.29 is 9.53 Å². The average molecular weight is 240 g/mol. The van der Waals surface area contributed by atoms with E-state index in [2.05, 4.69) is 0 Å². The van der Waals surface area contributed by atoms with Crippen molar-refractivity contribution in [3.8, 4) is 0 Å². The second-order valence-corrected chi connectivity index (χ2v) is 5.58. The second-order valence-electron chi connectivity index (χ2n) is 5.58. The Morgan fingerprint density at radius 2 is 2.29 bits per heavy atom. The van der Waals surface area contributed by atoms with Gasteiger partial charge in [-0.2, -0.15) is 0 Å². The summed E-state index contributed by atoms with van der Waals surface area (Å²) >= 11 is 0. The highest BCUT2D eigenvalue weighted by atomic mass is 16.5. The van der Waals surface area contributed by atoms with Crippen LogP contribution in [0.5, 0.6) is 0 Å². The summed E-state index contributed by atoms with van der Waals surface area (Å²) in [7, 11) is 0. The Balaban J connectivity index is 1.99. The van der Waals surface area contributed by atoms with Crippen LogP contribution in [-0.4, -0.2) is 43.2 Å². The van der Waals surface area contributed by atoms with Gasteiger partial charge in [0.05, 0.1) is 12.6 Å². The summed E-state index contributed by atoms with van der Waals surface area (Å²) in [6.45, 7) is 7.07. The Kier molecular flexibility index (Phi) is 3.73. The molecule has 1 spiro atoms. The lowest BCUT2D eigenvalue weighted by Gasteiger charge is -2.42. The number of hydrogen-bond donors (Lipinski definition) is 1. The number of nitrogens with two attached hydrogens (primary N) is 1. The van der Waals surface area contributed by atoms with Gasteiger partial charge in [-0.3, -0.25) is 4.79 Å². The van der Waals surface area contributed by atoms with Gasteiger partial charge in [0.2, 0.25) is 5.91 Å². The molecule has 4 nitrogen and oxygen atoms in total. The van der Waals surface area contributed by atoms with Gasteiger partial charge in [-0.25, -0.2) is 0 Å². The minimum absolute atomic E-state index is 0.0928. The van der Waals surface area contributed by atoms with Crippen LogP contribution in [0, 0.1) is 11.3 Å². The molecular weight excluding hydrogens is 216 g/mol. The number of ether oxygens (including phenoxy) is 1. The molecule has 17 heavy (non-hydrogen) atoms. The fourth-order valence-electron chi connectivity index (χ4n) is 3.18. The maximum atomic E-state index is 12.0. The van der Waals surface area contributed by atoms with Gasteiger partial charge in [-0.05, 0) is 32.1 Å². The third-order valence-electron chi connectivity index (χ3n) is 4.39. The number of rotatable bonds is 4. The first-order valence-corrected chi connectivity index (χ1v) is 6.71. The first-order valence-electron chi connectivity index (χ1n) is 6.71. The van der Waals surface area contributed by atoms with E-state index in [0.717, 1.165) is 26.3 Å². The summed E-state index contributed by atoms with van der Waals surface area (Å²) in [4.78, 5) is 13.9. The SMILES string of the molecule is CCOCC1CN(C(=O)C(C)N)CC12CCC2. The highest BCUT2D eigenvalue weighted by Gasteiger charge is 2.51. The molecule has 98 valence electrons. The summed E-state index contributed by atoms with van der Waals surface area (Å²) in [6, 6.07) is -0.377. The van der Waals surface area contributed by atoms with E-state index in [1.54, 1.807) is 6.92 Å². The van der Waals surface area contributed by atoms with E-state index in [4.69, 9.17) is 10.5 Å². The number of carbonyl (C=O) groups is 1. The zero-order valence-corrected chi connectivity index (χ0v) is 10.9. The normalized spacial score (nSPS) is 28.2. The van der Waals surface area contributed by atoms with Gasteiger partial charge >= 0.3 is 0 Å². The molecule has 2 aliphatic rings. The van der Waals surface area contributed by atoms with Crippen LogP contribution in [0.1, 0.15) is 33.1 Å². The zero-order valence-electron chi connectivity index (χ0n) is 10.9. The average Bonchev–Trinajstić information content (AvgIpc) is 2.64. The minimum Gasteiger partial charge on any atom is -0.381 e. The topological polar surface area (TPSA) is 55.6 Å². The molecule has 2 fully saturated rings. The summed E-state index contributed by atoms with van der Waals surface area (Å²) in [6.07, 6.45) is 3.78. The summed E-state index contributed by atoms with van der Waals surface area (Å²) in [5, 5.41) is 0. The van der Waals surface area contributed by atoms with Crippen molar-refractivity contribution >= 4 is 5.91 Å². The first kappa shape index (κ1) is 12.8. The van der Waals surface area contributed by atoms with Crippen LogP contribution >= 0.6 is 0 Å². The molecule has 0 radical (unpaired) electrons. The van der Waals surface area contributed by atoms with Crippen molar-refractivity contribution in [3.05, 3.63) is 0 Å². The number of carbonyl (C=O) groups excluding carboxylic acids is 1. The van der Waals surface area contributed by atoms with E-state index in [1.807, 2.05) is 11.8 Å². The second kappa shape index (κ2) is 4.94. The highest BCUT2D eigenvalue weighted by Crippen LogP contribution is 2.51. The van der Waals surface area contributed by atoms with Crippen LogP contribution < -0.4 is 5.73 Å². The quantitative estimate of drug-likeness (QED) is 0.797. The van der Waals surface area contributed by atoms with Crippen molar-refractivity contribution in [3.63, 3.8) is 0 Å². The lowest BCUT2D eigenvalue weighted by molar-refractivity contribution is -0.131. The fraction of sp³-hybridized carbons (Fsp3) is 0.923. The maximum absolute atomic E-state index is 12.0. The van der Waals surface area contributed by atoms with Gasteiger partial charge in [-0.1, -0.05) is 6.42 Å². The molecule has 0 aromatic rings. The third-order valence-corrected chi connectivity index (χ3v) is 4.39. The molecular formula is C13H24N2O2.